The lowest BCUT2D eigenvalue weighted by molar-refractivity contribution is 0.0180. The summed E-state index contributed by atoms with van der Waals surface area (Å²) in [5, 5.41) is 10.3. The van der Waals surface area contributed by atoms with Gasteiger partial charge in [0.15, 0.2) is 0 Å². The fraction of sp³-hybridized carbons (Fsp3) is 0.435. The first-order chi connectivity index (χ1) is 14.2. The van der Waals surface area contributed by atoms with Gasteiger partial charge >= 0.3 is 0 Å². The second kappa shape index (κ2) is 10.8. The fourth-order valence-corrected chi connectivity index (χ4v) is 3.34. The molecule has 2 aromatic carbocycles. The molecule has 0 amide bonds. The molecule has 1 atom stereocenters. The van der Waals surface area contributed by atoms with Crippen LogP contribution in [0.1, 0.15) is 30.5 Å². The van der Waals surface area contributed by atoms with Crippen LogP contribution in [-0.4, -0.2) is 62.8 Å². The molecule has 0 spiro atoms. The Morgan fingerprint density at radius 2 is 1.86 bits per heavy atom. The molecule has 0 radical (unpaired) electrons. The normalized spacial score (nSPS) is 16.1. The largest absolute Gasteiger partial charge is 0.507 e. The van der Waals surface area contributed by atoms with Gasteiger partial charge in [-0.05, 0) is 36.2 Å². The maximum absolute atomic E-state index is 10.3. The Kier molecular flexibility index (Phi) is 7.90. The Morgan fingerprint density at radius 3 is 2.52 bits per heavy atom. The number of methoxy groups -OCH3 is 1. The average Bonchev–Trinajstić information content (AvgIpc) is 2.77. The smallest absolute Gasteiger partial charge is 0.128 e. The Balaban J connectivity index is 1.71. The van der Waals surface area contributed by atoms with E-state index in [0.717, 1.165) is 38.5 Å². The zero-order chi connectivity index (χ0) is 20.5. The van der Waals surface area contributed by atoms with Crippen molar-refractivity contribution in [3.8, 4) is 17.2 Å². The van der Waals surface area contributed by atoms with Crippen LogP contribution in [0.4, 0.5) is 0 Å². The molecule has 29 heavy (non-hydrogen) atoms. The van der Waals surface area contributed by atoms with E-state index in [0.29, 0.717) is 24.5 Å². The van der Waals surface area contributed by atoms with Crippen LogP contribution in [0, 0.1) is 0 Å². The highest BCUT2D eigenvalue weighted by atomic mass is 16.5. The van der Waals surface area contributed by atoms with E-state index >= 15 is 0 Å². The van der Waals surface area contributed by atoms with Crippen molar-refractivity contribution in [2.75, 3.05) is 46.6 Å². The molecule has 3 rings (SSSR count). The number of phenols is 1. The van der Waals surface area contributed by atoms with Crippen molar-refractivity contribution in [2.24, 2.45) is 4.99 Å². The summed E-state index contributed by atoms with van der Waals surface area (Å²) >= 11 is 0. The molecule has 1 heterocycles. The number of hydrogen-bond donors (Lipinski definition) is 1. The highest BCUT2D eigenvalue weighted by Gasteiger charge is 2.22. The molecule has 1 saturated heterocycles. The van der Waals surface area contributed by atoms with Gasteiger partial charge in [-0.3, -0.25) is 9.89 Å². The second-order valence-electron chi connectivity index (χ2n) is 7.00. The van der Waals surface area contributed by atoms with Crippen LogP contribution < -0.4 is 9.47 Å². The van der Waals surface area contributed by atoms with Gasteiger partial charge in [-0.25, -0.2) is 0 Å². The summed E-state index contributed by atoms with van der Waals surface area (Å²) in [5.74, 6) is 1.69. The van der Waals surface area contributed by atoms with E-state index in [4.69, 9.17) is 14.2 Å². The van der Waals surface area contributed by atoms with Crippen molar-refractivity contribution in [3.05, 3.63) is 53.6 Å². The maximum atomic E-state index is 10.3. The third kappa shape index (κ3) is 5.95. The number of rotatable bonds is 9. The van der Waals surface area contributed by atoms with Crippen molar-refractivity contribution in [1.29, 1.82) is 0 Å². The lowest BCUT2D eigenvalue weighted by Crippen LogP contribution is -2.40. The zero-order valence-corrected chi connectivity index (χ0v) is 17.2. The summed E-state index contributed by atoms with van der Waals surface area (Å²) in [6, 6.07) is 13.6. The topological polar surface area (TPSA) is 63.5 Å². The van der Waals surface area contributed by atoms with Gasteiger partial charge < -0.3 is 19.3 Å². The summed E-state index contributed by atoms with van der Waals surface area (Å²) < 4.78 is 16.3. The van der Waals surface area contributed by atoms with Crippen LogP contribution in [0.3, 0.4) is 0 Å². The summed E-state index contributed by atoms with van der Waals surface area (Å²) in [7, 11) is 1.67. The SMILES string of the molecule is CCCOc1ccc(C=NC[C@H](c2ccc(OC)cc2)N2CCOCC2)c(O)c1. The number of benzene rings is 2. The first-order valence-electron chi connectivity index (χ1n) is 10.1. The standard InChI is InChI=1S/C23H30N2O4/c1-3-12-29-21-9-6-19(23(26)15-21)16-24-17-22(25-10-13-28-14-11-25)18-4-7-20(27-2)8-5-18/h4-9,15-16,22,26H,3,10-14,17H2,1-2H3/t22-/m1/s1. The van der Waals surface area contributed by atoms with Crippen molar-refractivity contribution in [2.45, 2.75) is 19.4 Å². The van der Waals surface area contributed by atoms with Gasteiger partial charge in [0, 0.05) is 30.9 Å². The van der Waals surface area contributed by atoms with Crippen LogP contribution in [0.25, 0.3) is 0 Å². The Labute approximate surface area is 172 Å². The number of aliphatic imine (C=N–C) groups is 1. The predicted molar refractivity (Wildman–Crippen MR) is 114 cm³/mol. The van der Waals surface area contributed by atoms with E-state index in [1.807, 2.05) is 24.3 Å². The molecule has 0 saturated carbocycles. The van der Waals surface area contributed by atoms with E-state index in [9.17, 15) is 5.11 Å². The van der Waals surface area contributed by atoms with E-state index in [2.05, 4.69) is 28.9 Å². The molecule has 6 heteroatoms. The second-order valence-corrected chi connectivity index (χ2v) is 7.00. The van der Waals surface area contributed by atoms with Gasteiger partial charge in [0.1, 0.15) is 17.2 Å². The minimum Gasteiger partial charge on any atom is -0.507 e. The molecule has 0 unspecified atom stereocenters. The van der Waals surface area contributed by atoms with Gasteiger partial charge in [-0.1, -0.05) is 19.1 Å². The lowest BCUT2D eigenvalue weighted by Gasteiger charge is -2.34. The molecular weight excluding hydrogens is 368 g/mol. The molecule has 1 fully saturated rings. The number of nitrogens with zero attached hydrogens (tertiary/aromatic N) is 2. The molecule has 0 aliphatic carbocycles. The summed E-state index contributed by atoms with van der Waals surface area (Å²) in [5.41, 5.74) is 1.88. The lowest BCUT2D eigenvalue weighted by atomic mass is 10.0. The highest BCUT2D eigenvalue weighted by Crippen LogP contribution is 2.26. The van der Waals surface area contributed by atoms with Crippen LogP contribution in [0.2, 0.25) is 0 Å². The van der Waals surface area contributed by atoms with Crippen molar-refractivity contribution < 1.29 is 19.3 Å². The van der Waals surface area contributed by atoms with Crippen LogP contribution in [-0.2, 0) is 4.74 Å². The maximum Gasteiger partial charge on any atom is 0.128 e. The number of phenolic OH excluding ortho intramolecular Hbond substituents is 1. The molecule has 156 valence electrons. The van der Waals surface area contributed by atoms with Crippen LogP contribution in [0.5, 0.6) is 17.2 Å². The first kappa shape index (κ1) is 21.1. The number of aromatic hydroxyl groups is 1. The van der Waals surface area contributed by atoms with Crippen molar-refractivity contribution in [1.82, 2.24) is 4.90 Å². The van der Waals surface area contributed by atoms with Crippen molar-refractivity contribution >= 4 is 6.21 Å². The highest BCUT2D eigenvalue weighted by molar-refractivity contribution is 5.83. The Bertz CT molecular complexity index is 786. The van der Waals surface area contributed by atoms with Gasteiger partial charge in [-0.15, -0.1) is 0 Å². The summed E-state index contributed by atoms with van der Waals surface area (Å²) in [6.45, 7) is 6.50. The quantitative estimate of drug-likeness (QED) is 0.653. The molecular formula is C23H30N2O4. The molecule has 1 N–H and O–H groups in total. The van der Waals surface area contributed by atoms with E-state index in [1.54, 1.807) is 19.4 Å². The third-order valence-electron chi connectivity index (χ3n) is 4.97. The first-order valence-corrected chi connectivity index (χ1v) is 10.1. The summed E-state index contributed by atoms with van der Waals surface area (Å²) in [4.78, 5) is 7.04. The number of morpholine rings is 1. The molecule has 0 bridgehead atoms. The van der Waals surface area contributed by atoms with Gasteiger partial charge in [0.05, 0.1) is 39.5 Å². The average molecular weight is 399 g/mol. The zero-order valence-electron chi connectivity index (χ0n) is 17.2. The number of ether oxygens (including phenoxy) is 3. The van der Waals surface area contributed by atoms with E-state index in [1.165, 1.54) is 5.56 Å². The Morgan fingerprint density at radius 1 is 1.14 bits per heavy atom. The predicted octanol–water partition coefficient (Wildman–Crippen LogP) is 3.68. The van der Waals surface area contributed by atoms with Gasteiger partial charge in [0.2, 0.25) is 0 Å². The number of hydrogen-bond acceptors (Lipinski definition) is 6. The minimum absolute atomic E-state index is 0.148. The third-order valence-corrected chi connectivity index (χ3v) is 4.97. The monoisotopic (exact) mass is 398 g/mol. The fourth-order valence-electron chi connectivity index (χ4n) is 3.34. The van der Waals surface area contributed by atoms with E-state index in [-0.39, 0.29) is 11.8 Å². The molecule has 2 aromatic rings. The van der Waals surface area contributed by atoms with Crippen LogP contribution in [0.15, 0.2) is 47.5 Å². The van der Waals surface area contributed by atoms with Gasteiger partial charge in [-0.2, -0.15) is 0 Å². The van der Waals surface area contributed by atoms with E-state index < -0.39 is 0 Å². The molecule has 0 aromatic heterocycles. The molecule has 6 nitrogen and oxygen atoms in total. The minimum atomic E-state index is 0.148. The van der Waals surface area contributed by atoms with Crippen LogP contribution >= 0.6 is 0 Å². The van der Waals surface area contributed by atoms with Gasteiger partial charge in [0.25, 0.3) is 0 Å². The van der Waals surface area contributed by atoms with Crippen molar-refractivity contribution in [3.63, 3.8) is 0 Å². The summed E-state index contributed by atoms with van der Waals surface area (Å²) in [6.07, 6.45) is 2.66. The Hall–Kier alpha value is -2.57. The molecule has 1 aliphatic rings. The molecule has 1 aliphatic heterocycles.